The van der Waals surface area contributed by atoms with Gasteiger partial charge in [0.25, 0.3) is 0 Å². The van der Waals surface area contributed by atoms with E-state index in [0.29, 0.717) is 11.3 Å². The van der Waals surface area contributed by atoms with E-state index in [9.17, 15) is 0 Å². The summed E-state index contributed by atoms with van der Waals surface area (Å²) in [4.78, 5) is 0. The highest BCUT2D eigenvalue weighted by Gasteiger charge is 2.07. The van der Waals surface area contributed by atoms with E-state index < -0.39 is 0 Å². The zero-order valence-corrected chi connectivity index (χ0v) is 12.0. The van der Waals surface area contributed by atoms with Crippen molar-refractivity contribution >= 4 is 0 Å². The van der Waals surface area contributed by atoms with E-state index in [1.165, 1.54) is 18.4 Å². The Morgan fingerprint density at radius 1 is 1.10 bits per heavy atom. The second kappa shape index (κ2) is 6.77. The van der Waals surface area contributed by atoms with E-state index in [1.54, 1.807) is 6.07 Å². The van der Waals surface area contributed by atoms with Crippen molar-refractivity contribution in [3.05, 3.63) is 59.2 Å². The Morgan fingerprint density at radius 2 is 1.85 bits per heavy atom. The second-order valence-electron chi connectivity index (χ2n) is 4.91. The number of nitrogens with zero attached hydrogens (tertiary/aromatic N) is 1. The Labute approximate surface area is 120 Å². The summed E-state index contributed by atoms with van der Waals surface area (Å²) in [6, 6.07) is 15.9. The minimum Gasteiger partial charge on any atom is -0.456 e. The van der Waals surface area contributed by atoms with E-state index in [0.717, 1.165) is 17.7 Å². The molecule has 0 radical (unpaired) electrons. The van der Waals surface area contributed by atoms with Crippen LogP contribution in [0.1, 0.15) is 36.5 Å². The molecular weight excluding hydrogens is 246 g/mol. The van der Waals surface area contributed by atoms with Gasteiger partial charge in [0.1, 0.15) is 17.6 Å². The average Bonchev–Trinajstić information content (AvgIpc) is 2.48. The summed E-state index contributed by atoms with van der Waals surface area (Å²) in [7, 11) is 0. The standard InChI is InChI=1S/C18H19NO/c1-3-4-7-15-9-11-17(12-10-15)20-18-14(2)6-5-8-16(18)13-19/h5-6,8-12H,3-4,7H2,1-2H3. The molecule has 0 N–H and O–H groups in total. The molecule has 2 rings (SSSR count). The number of para-hydroxylation sites is 1. The van der Waals surface area contributed by atoms with Gasteiger partial charge in [-0.25, -0.2) is 0 Å². The van der Waals surface area contributed by atoms with Gasteiger partial charge in [0, 0.05) is 0 Å². The van der Waals surface area contributed by atoms with Crippen LogP contribution >= 0.6 is 0 Å². The molecule has 0 saturated heterocycles. The monoisotopic (exact) mass is 265 g/mol. The van der Waals surface area contributed by atoms with Crippen LogP contribution in [-0.2, 0) is 6.42 Å². The highest BCUT2D eigenvalue weighted by atomic mass is 16.5. The van der Waals surface area contributed by atoms with Gasteiger partial charge in [0.2, 0.25) is 0 Å². The second-order valence-corrected chi connectivity index (χ2v) is 4.91. The first-order chi connectivity index (χ1) is 9.74. The van der Waals surface area contributed by atoms with Gasteiger partial charge in [-0.2, -0.15) is 5.26 Å². The molecule has 0 unspecified atom stereocenters. The molecular formula is C18H19NO. The summed E-state index contributed by atoms with van der Waals surface area (Å²) >= 11 is 0. The highest BCUT2D eigenvalue weighted by molar-refractivity contribution is 5.50. The fourth-order valence-corrected chi connectivity index (χ4v) is 2.10. The first-order valence-electron chi connectivity index (χ1n) is 7.01. The lowest BCUT2D eigenvalue weighted by Crippen LogP contribution is -1.92. The van der Waals surface area contributed by atoms with Crippen molar-refractivity contribution in [1.29, 1.82) is 5.26 Å². The summed E-state index contributed by atoms with van der Waals surface area (Å²) in [5.74, 6) is 1.42. The van der Waals surface area contributed by atoms with E-state index in [4.69, 9.17) is 10.00 Å². The van der Waals surface area contributed by atoms with Crippen molar-refractivity contribution in [2.45, 2.75) is 33.1 Å². The summed E-state index contributed by atoms with van der Waals surface area (Å²) < 4.78 is 5.87. The minimum absolute atomic E-state index is 0.569. The molecule has 2 heteroatoms. The van der Waals surface area contributed by atoms with Gasteiger partial charge in [0.15, 0.2) is 0 Å². The normalized spacial score (nSPS) is 10.1. The summed E-state index contributed by atoms with van der Waals surface area (Å²) in [6.07, 6.45) is 3.51. The largest absolute Gasteiger partial charge is 0.456 e. The lowest BCUT2D eigenvalue weighted by Gasteiger charge is -2.10. The van der Waals surface area contributed by atoms with Gasteiger partial charge in [-0.1, -0.05) is 37.6 Å². The minimum atomic E-state index is 0.569. The number of ether oxygens (including phenoxy) is 1. The Kier molecular flexibility index (Phi) is 4.79. The van der Waals surface area contributed by atoms with Crippen LogP contribution in [0.5, 0.6) is 11.5 Å². The van der Waals surface area contributed by atoms with Gasteiger partial charge in [0.05, 0.1) is 5.56 Å². The third-order valence-corrected chi connectivity index (χ3v) is 3.29. The zero-order chi connectivity index (χ0) is 14.4. The number of unbranched alkanes of at least 4 members (excludes halogenated alkanes) is 1. The molecule has 0 spiro atoms. The molecule has 20 heavy (non-hydrogen) atoms. The number of hydrogen-bond acceptors (Lipinski definition) is 2. The third kappa shape index (κ3) is 3.39. The molecule has 2 aromatic rings. The molecule has 0 amide bonds. The van der Waals surface area contributed by atoms with Crippen molar-refractivity contribution in [3.63, 3.8) is 0 Å². The fourth-order valence-electron chi connectivity index (χ4n) is 2.10. The van der Waals surface area contributed by atoms with E-state index >= 15 is 0 Å². The van der Waals surface area contributed by atoms with Crippen LogP contribution in [0, 0.1) is 18.3 Å². The van der Waals surface area contributed by atoms with Crippen LogP contribution in [0.4, 0.5) is 0 Å². The van der Waals surface area contributed by atoms with Crippen molar-refractivity contribution in [2.24, 2.45) is 0 Å². The van der Waals surface area contributed by atoms with Crippen LogP contribution in [0.25, 0.3) is 0 Å². The smallest absolute Gasteiger partial charge is 0.148 e. The molecule has 0 aliphatic carbocycles. The molecule has 0 atom stereocenters. The van der Waals surface area contributed by atoms with Crippen LogP contribution in [0.3, 0.4) is 0 Å². The summed E-state index contributed by atoms with van der Waals surface area (Å²) in [5.41, 5.74) is 2.86. The Morgan fingerprint density at radius 3 is 2.50 bits per heavy atom. The van der Waals surface area contributed by atoms with E-state index in [1.807, 2.05) is 31.2 Å². The Bertz CT molecular complexity index is 608. The molecule has 0 bridgehead atoms. The molecule has 0 heterocycles. The molecule has 0 aliphatic rings. The first kappa shape index (κ1) is 14.1. The molecule has 0 aromatic heterocycles. The molecule has 2 nitrogen and oxygen atoms in total. The fraction of sp³-hybridized carbons (Fsp3) is 0.278. The molecule has 0 fully saturated rings. The molecule has 0 saturated carbocycles. The predicted octanol–water partition coefficient (Wildman–Crippen LogP) is 5.00. The van der Waals surface area contributed by atoms with Crippen molar-refractivity contribution in [2.75, 3.05) is 0 Å². The third-order valence-electron chi connectivity index (χ3n) is 3.29. The highest BCUT2D eigenvalue weighted by Crippen LogP contribution is 2.28. The van der Waals surface area contributed by atoms with Crippen LogP contribution in [0.15, 0.2) is 42.5 Å². The van der Waals surface area contributed by atoms with Crippen molar-refractivity contribution in [1.82, 2.24) is 0 Å². The maximum atomic E-state index is 9.13. The number of hydrogen-bond donors (Lipinski definition) is 0. The quantitative estimate of drug-likeness (QED) is 0.762. The van der Waals surface area contributed by atoms with Crippen molar-refractivity contribution in [3.8, 4) is 17.6 Å². The Balaban J connectivity index is 2.17. The molecule has 0 aliphatic heterocycles. The number of aryl methyl sites for hydroxylation is 2. The van der Waals surface area contributed by atoms with Crippen LogP contribution in [-0.4, -0.2) is 0 Å². The van der Waals surface area contributed by atoms with Gasteiger partial charge in [-0.15, -0.1) is 0 Å². The number of benzene rings is 2. The van der Waals surface area contributed by atoms with E-state index in [2.05, 4.69) is 25.1 Å². The maximum Gasteiger partial charge on any atom is 0.148 e. The lowest BCUT2D eigenvalue weighted by atomic mass is 10.1. The van der Waals surface area contributed by atoms with E-state index in [-0.39, 0.29) is 0 Å². The average molecular weight is 265 g/mol. The van der Waals surface area contributed by atoms with Gasteiger partial charge in [-0.05, 0) is 49.1 Å². The first-order valence-corrected chi connectivity index (χ1v) is 7.01. The zero-order valence-electron chi connectivity index (χ0n) is 12.0. The summed E-state index contributed by atoms with van der Waals surface area (Å²) in [6.45, 7) is 4.14. The van der Waals surface area contributed by atoms with Gasteiger partial charge < -0.3 is 4.74 Å². The molecule has 2 aromatic carbocycles. The topological polar surface area (TPSA) is 33.0 Å². The Hall–Kier alpha value is -2.27. The van der Waals surface area contributed by atoms with Gasteiger partial charge in [-0.3, -0.25) is 0 Å². The summed E-state index contributed by atoms with van der Waals surface area (Å²) in [5, 5.41) is 9.13. The van der Waals surface area contributed by atoms with Crippen molar-refractivity contribution < 1.29 is 4.74 Å². The molecule has 102 valence electrons. The predicted molar refractivity (Wildman–Crippen MR) is 81.0 cm³/mol. The maximum absolute atomic E-state index is 9.13. The van der Waals surface area contributed by atoms with Crippen LogP contribution in [0.2, 0.25) is 0 Å². The lowest BCUT2D eigenvalue weighted by molar-refractivity contribution is 0.477. The number of nitriles is 1. The SMILES string of the molecule is CCCCc1ccc(Oc2c(C)cccc2C#N)cc1. The van der Waals surface area contributed by atoms with Crippen LogP contribution < -0.4 is 4.74 Å². The van der Waals surface area contributed by atoms with Gasteiger partial charge >= 0.3 is 0 Å². The number of rotatable bonds is 5.